The van der Waals surface area contributed by atoms with Crippen LogP contribution in [0, 0.1) is 13.8 Å². The molecule has 1 N–H and O–H groups in total. The van der Waals surface area contributed by atoms with Crippen molar-refractivity contribution >= 4 is 22.6 Å². The summed E-state index contributed by atoms with van der Waals surface area (Å²) >= 11 is 0. The lowest BCUT2D eigenvalue weighted by Gasteiger charge is -2.12. The summed E-state index contributed by atoms with van der Waals surface area (Å²) < 4.78 is 7.21. The molecule has 0 atom stereocenters. The Balaban J connectivity index is 1.70. The molecule has 1 aromatic heterocycles. The van der Waals surface area contributed by atoms with Gasteiger partial charge in [0.15, 0.2) is 0 Å². The Morgan fingerprint density at radius 1 is 1.03 bits per heavy atom. The van der Waals surface area contributed by atoms with E-state index in [2.05, 4.69) is 5.32 Å². The number of ether oxygens (including phenoxy) is 1. The number of nitrogens with one attached hydrogen (secondary N) is 1. The quantitative estimate of drug-likeness (QED) is 0.528. The number of benzene rings is 3. The number of para-hydroxylation sites is 2. The number of methoxy groups -OCH3 is 1. The molecule has 4 aromatic rings. The lowest BCUT2D eigenvalue weighted by atomic mass is 10.1. The van der Waals surface area contributed by atoms with Gasteiger partial charge in [0.25, 0.3) is 0 Å². The van der Waals surface area contributed by atoms with E-state index in [0.717, 1.165) is 45.0 Å². The first-order chi connectivity index (χ1) is 14.0. The van der Waals surface area contributed by atoms with Gasteiger partial charge >= 0.3 is 0 Å². The third-order valence-electron chi connectivity index (χ3n) is 4.97. The summed E-state index contributed by atoms with van der Waals surface area (Å²) in [5.41, 5.74) is 5.70. The minimum atomic E-state index is -0.0865. The standard InChI is InChI=1S/C24H23N3O2/c1-16-8-9-17(2)21(14-16)25-23(28)15-27-22-7-5-4-6-20(22)26-24(27)18-10-12-19(29-3)13-11-18/h4-14H,15H2,1-3H3,(H,25,28). The van der Waals surface area contributed by atoms with Crippen molar-refractivity contribution in [3.63, 3.8) is 0 Å². The lowest BCUT2D eigenvalue weighted by molar-refractivity contribution is -0.116. The first-order valence-electron chi connectivity index (χ1n) is 9.52. The fraction of sp³-hybridized carbons (Fsp3) is 0.167. The van der Waals surface area contributed by atoms with Crippen molar-refractivity contribution in [2.75, 3.05) is 12.4 Å². The number of carbonyl (C=O) groups excluding carboxylic acids is 1. The third-order valence-corrected chi connectivity index (χ3v) is 4.97. The monoisotopic (exact) mass is 385 g/mol. The zero-order valence-corrected chi connectivity index (χ0v) is 16.8. The maximum absolute atomic E-state index is 12.9. The van der Waals surface area contributed by atoms with Crippen molar-refractivity contribution < 1.29 is 9.53 Å². The molecular weight excluding hydrogens is 362 g/mol. The van der Waals surface area contributed by atoms with Crippen LogP contribution in [0.3, 0.4) is 0 Å². The number of hydrogen-bond acceptors (Lipinski definition) is 3. The van der Waals surface area contributed by atoms with E-state index >= 15 is 0 Å². The number of anilines is 1. The van der Waals surface area contributed by atoms with E-state index in [1.807, 2.05) is 85.1 Å². The molecule has 0 saturated heterocycles. The largest absolute Gasteiger partial charge is 0.497 e. The van der Waals surface area contributed by atoms with Gasteiger partial charge in [0.2, 0.25) is 5.91 Å². The third kappa shape index (κ3) is 3.85. The smallest absolute Gasteiger partial charge is 0.244 e. The van der Waals surface area contributed by atoms with Gasteiger partial charge in [0.1, 0.15) is 18.1 Å². The Kier molecular flexibility index (Phi) is 5.04. The highest BCUT2D eigenvalue weighted by Crippen LogP contribution is 2.27. The van der Waals surface area contributed by atoms with Crippen LogP contribution in [0.15, 0.2) is 66.7 Å². The maximum atomic E-state index is 12.9. The molecule has 4 rings (SSSR count). The number of aromatic nitrogens is 2. The second-order valence-electron chi connectivity index (χ2n) is 7.11. The van der Waals surface area contributed by atoms with Crippen LogP contribution in [0.25, 0.3) is 22.4 Å². The summed E-state index contributed by atoms with van der Waals surface area (Å²) in [5, 5.41) is 3.04. The summed E-state index contributed by atoms with van der Waals surface area (Å²) in [6.07, 6.45) is 0. The van der Waals surface area contributed by atoms with E-state index in [4.69, 9.17) is 9.72 Å². The molecule has 1 amide bonds. The van der Waals surface area contributed by atoms with E-state index in [9.17, 15) is 4.79 Å². The van der Waals surface area contributed by atoms with E-state index in [1.165, 1.54) is 0 Å². The molecule has 0 unspecified atom stereocenters. The molecule has 0 aliphatic heterocycles. The Bertz CT molecular complexity index is 1180. The number of rotatable bonds is 5. The molecule has 146 valence electrons. The molecule has 1 heterocycles. The Labute approximate surface area is 170 Å². The Morgan fingerprint density at radius 3 is 2.55 bits per heavy atom. The van der Waals surface area contributed by atoms with Crippen molar-refractivity contribution in [1.82, 2.24) is 9.55 Å². The van der Waals surface area contributed by atoms with Crippen LogP contribution in [0.4, 0.5) is 5.69 Å². The molecule has 5 heteroatoms. The fourth-order valence-electron chi connectivity index (χ4n) is 3.40. The summed E-state index contributed by atoms with van der Waals surface area (Å²) in [6.45, 7) is 4.18. The van der Waals surface area contributed by atoms with Gasteiger partial charge in [-0.2, -0.15) is 0 Å². The normalized spacial score (nSPS) is 10.9. The molecule has 0 saturated carbocycles. The average Bonchev–Trinajstić information content (AvgIpc) is 3.09. The highest BCUT2D eigenvalue weighted by molar-refractivity contribution is 5.93. The summed E-state index contributed by atoms with van der Waals surface area (Å²) in [6, 6.07) is 21.6. The van der Waals surface area contributed by atoms with Gasteiger partial charge in [0.05, 0.1) is 18.1 Å². The molecule has 0 bridgehead atoms. The number of nitrogens with zero attached hydrogens (tertiary/aromatic N) is 2. The molecule has 0 aliphatic rings. The minimum Gasteiger partial charge on any atom is -0.497 e. The first-order valence-corrected chi connectivity index (χ1v) is 9.52. The lowest BCUT2D eigenvalue weighted by Crippen LogP contribution is -2.20. The van der Waals surface area contributed by atoms with Crippen molar-refractivity contribution in [2.24, 2.45) is 0 Å². The number of carbonyl (C=O) groups is 1. The van der Waals surface area contributed by atoms with Crippen LogP contribution in [0.2, 0.25) is 0 Å². The minimum absolute atomic E-state index is 0.0865. The zero-order chi connectivity index (χ0) is 20.4. The summed E-state index contributed by atoms with van der Waals surface area (Å²) in [7, 11) is 1.64. The molecule has 0 aliphatic carbocycles. The highest BCUT2D eigenvalue weighted by atomic mass is 16.5. The fourth-order valence-corrected chi connectivity index (χ4v) is 3.40. The molecule has 0 spiro atoms. The van der Waals surface area contributed by atoms with Crippen LogP contribution in [0.5, 0.6) is 5.75 Å². The molecular formula is C24H23N3O2. The van der Waals surface area contributed by atoms with Gasteiger partial charge in [-0.25, -0.2) is 4.98 Å². The molecule has 29 heavy (non-hydrogen) atoms. The van der Waals surface area contributed by atoms with Crippen molar-refractivity contribution in [1.29, 1.82) is 0 Å². The van der Waals surface area contributed by atoms with E-state index in [1.54, 1.807) is 7.11 Å². The number of hydrogen-bond donors (Lipinski definition) is 1. The number of fused-ring (bicyclic) bond motifs is 1. The van der Waals surface area contributed by atoms with Crippen LogP contribution >= 0.6 is 0 Å². The van der Waals surface area contributed by atoms with Gasteiger partial charge in [0, 0.05) is 11.3 Å². The Hall–Kier alpha value is -3.60. The average molecular weight is 385 g/mol. The SMILES string of the molecule is COc1ccc(-c2nc3ccccc3n2CC(=O)Nc2cc(C)ccc2C)cc1. The van der Waals surface area contributed by atoms with E-state index < -0.39 is 0 Å². The zero-order valence-electron chi connectivity index (χ0n) is 16.8. The number of imidazole rings is 1. The predicted molar refractivity (Wildman–Crippen MR) is 116 cm³/mol. The topological polar surface area (TPSA) is 56.2 Å². The molecule has 0 fully saturated rings. The maximum Gasteiger partial charge on any atom is 0.244 e. The number of aryl methyl sites for hydroxylation is 2. The van der Waals surface area contributed by atoms with E-state index in [-0.39, 0.29) is 12.5 Å². The van der Waals surface area contributed by atoms with Gasteiger partial charge < -0.3 is 14.6 Å². The van der Waals surface area contributed by atoms with Gasteiger partial charge in [-0.3, -0.25) is 4.79 Å². The van der Waals surface area contributed by atoms with Crippen molar-refractivity contribution in [3.05, 3.63) is 77.9 Å². The first kappa shape index (κ1) is 18.7. The predicted octanol–water partition coefficient (Wildman–Crippen LogP) is 4.97. The second kappa shape index (κ2) is 7.80. The van der Waals surface area contributed by atoms with Gasteiger partial charge in [-0.05, 0) is 67.4 Å². The summed E-state index contributed by atoms with van der Waals surface area (Å²) in [5.74, 6) is 1.45. The number of amides is 1. The second-order valence-corrected chi connectivity index (χ2v) is 7.11. The van der Waals surface area contributed by atoms with Crippen LogP contribution in [-0.4, -0.2) is 22.6 Å². The van der Waals surface area contributed by atoms with Gasteiger partial charge in [-0.15, -0.1) is 0 Å². The summed E-state index contributed by atoms with van der Waals surface area (Å²) in [4.78, 5) is 17.7. The van der Waals surface area contributed by atoms with Gasteiger partial charge in [-0.1, -0.05) is 24.3 Å². The molecule has 5 nitrogen and oxygen atoms in total. The van der Waals surface area contributed by atoms with Crippen molar-refractivity contribution in [2.45, 2.75) is 20.4 Å². The van der Waals surface area contributed by atoms with Crippen molar-refractivity contribution in [3.8, 4) is 17.1 Å². The molecule has 3 aromatic carbocycles. The van der Waals surface area contributed by atoms with E-state index in [0.29, 0.717) is 0 Å². The Morgan fingerprint density at radius 2 is 1.79 bits per heavy atom. The highest BCUT2D eigenvalue weighted by Gasteiger charge is 2.16. The van der Waals surface area contributed by atoms with Crippen LogP contribution in [-0.2, 0) is 11.3 Å². The van der Waals surface area contributed by atoms with Crippen LogP contribution in [0.1, 0.15) is 11.1 Å². The molecule has 0 radical (unpaired) electrons. The van der Waals surface area contributed by atoms with Crippen LogP contribution < -0.4 is 10.1 Å².